The summed E-state index contributed by atoms with van der Waals surface area (Å²) >= 11 is 10.9. The zero-order valence-corrected chi connectivity index (χ0v) is 15.5. The molecular formula is C16H9ClN4S3. The Hall–Kier alpha value is -1.80. The maximum Gasteiger partial charge on any atom is 0.190 e. The minimum absolute atomic E-state index is 0.721. The molecule has 118 valence electrons. The van der Waals surface area contributed by atoms with Crippen molar-refractivity contribution in [3.05, 3.63) is 40.4 Å². The van der Waals surface area contributed by atoms with E-state index in [1.165, 1.54) is 4.70 Å². The second-order valence-corrected chi connectivity index (χ2v) is 8.97. The molecule has 4 nitrogen and oxygen atoms in total. The average Bonchev–Trinajstić information content (AvgIpc) is 3.21. The molecule has 0 bridgehead atoms. The molecule has 3 heterocycles. The zero-order valence-electron chi connectivity index (χ0n) is 12.3. The van der Waals surface area contributed by atoms with Gasteiger partial charge in [-0.15, -0.1) is 11.3 Å². The number of thiazole rings is 3. The molecular weight excluding hydrogens is 380 g/mol. The first-order chi connectivity index (χ1) is 11.7. The first kappa shape index (κ1) is 14.5. The van der Waals surface area contributed by atoms with Crippen molar-refractivity contribution < 1.29 is 0 Å². The van der Waals surface area contributed by atoms with Crippen molar-refractivity contribution in [3.63, 3.8) is 0 Å². The number of anilines is 2. The number of rotatable bonds is 2. The Morgan fingerprint density at radius 3 is 2.58 bits per heavy atom. The molecule has 0 aliphatic rings. The number of aryl methyl sites for hydroxylation is 1. The normalized spacial score (nSPS) is 11.8. The van der Waals surface area contributed by atoms with Gasteiger partial charge in [-0.3, -0.25) is 0 Å². The molecule has 5 rings (SSSR count). The molecule has 1 N–H and O–H groups in total. The number of halogens is 1. The van der Waals surface area contributed by atoms with Crippen molar-refractivity contribution in [2.45, 2.75) is 6.92 Å². The molecule has 0 amide bonds. The second-order valence-electron chi connectivity index (χ2n) is 5.27. The van der Waals surface area contributed by atoms with E-state index in [1.807, 2.05) is 25.1 Å². The number of nitrogens with one attached hydrogen (secondary N) is 1. The summed E-state index contributed by atoms with van der Waals surface area (Å²) in [6.07, 6.45) is 0. The fourth-order valence-electron chi connectivity index (χ4n) is 2.58. The lowest BCUT2D eigenvalue weighted by molar-refractivity contribution is 1.35. The van der Waals surface area contributed by atoms with Gasteiger partial charge in [0.1, 0.15) is 5.52 Å². The lowest BCUT2D eigenvalue weighted by atomic mass is 10.3. The standard InChI is InChI=1S/C16H9ClN4S3/c1-7-18-13-11(22-7)5-4-10-14(13)24-16(20-10)21-15-19-9-3-2-8(17)6-12(9)23-15/h2-6H,1H3,(H,19,20,21). The van der Waals surface area contributed by atoms with Gasteiger partial charge in [0.2, 0.25) is 0 Å². The molecule has 0 spiro atoms. The van der Waals surface area contributed by atoms with Gasteiger partial charge in [-0.1, -0.05) is 34.3 Å². The highest BCUT2D eigenvalue weighted by atomic mass is 35.5. The molecule has 0 saturated heterocycles. The van der Waals surface area contributed by atoms with E-state index in [1.54, 1.807) is 34.0 Å². The Labute approximate surface area is 153 Å². The van der Waals surface area contributed by atoms with Crippen LogP contribution in [0.25, 0.3) is 30.6 Å². The van der Waals surface area contributed by atoms with Crippen LogP contribution in [0.2, 0.25) is 5.02 Å². The van der Waals surface area contributed by atoms with Crippen molar-refractivity contribution in [1.29, 1.82) is 0 Å². The van der Waals surface area contributed by atoms with Crippen molar-refractivity contribution in [1.82, 2.24) is 15.0 Å². The van der Waals surface area contributed by atoms with Gasteiger partial charge in [0, 0.05) is 5.02 Å². The second kappa shape index (κ2) is 5.35. The number of benzene rings is 2. The third-order valence-electron chi connectivity index (χ3n) is 3.59. The Morgan fingerprint density at radius 2 is 1.67 bits per heavy atom. The van der Waals surface area contributed by atoms with Gasteiger partial charge in [0.15, 0.2) is 10.3 Å². The van der Waals surface area contributed by atoms with Gasteiger partial charge in [-0.05, 0) is 37.3 Å². The highest BCUT2D eigenvalue weighted by Gasteiger charge is 2.12. The first-order valence-corrected chi connectivity index (χ1v) is 9.98. The number of aromatic nitrogens is 3. The molecule has 0 saturated carbocycles. The van der Waals surface area contributed by atoms with Gasteiger partial charge < -0.3 is 5.32 Å². The van der Waals surface area contributed by atoms with Gasteiger partial charge in [-0.2, -0.15) is 0 Å². The molecule has 3 aromatic heterocycles. The predicted molar refractivity (Wildman–Crippen MR) is 105 cm³/mol. The molecule has 0 fully saturated rings. The maximum atomic E-state index is 6.04. The van der Waals surface area contributed by atoms with Crippen LogP contribution < -0.4 is 5.32 Å². The molecule has 0 atom stereocenters. The summed E-state index contributed by atoms with van der Waals surface area (Å²) in [5, 5.41) is 6.76. The van der Waals surface area contributed by atoms with E-state index in [9.17, 15) is 0 Å². The van der Waals surface area contributed by atoms with Crippen molar-refractivity contribution >= 4 is 86.5 Å². The maximum absolute atomic E-state index is 6.04. The van der Waals surface area contributed by atoms with E-state index in [2.05, 4.69) is 32.4 Å². The van der Waals surface area contributed by atoms with Crippen LogP contribution >= 0.6 is 45.6 Å². The van der Waals surface area contributed by atoms with Crippen molar-refractivity contribution in [3.8, 4) is 0 Å². The minimum Gasteiger partial charge on any atom is -0.307 e. The van der Waals surface area contributed by atoms with Crippen LogP contribution in [0.3, 0.4) is 0 Å². The average molecular weight is 389 g/mol. The van der Waals surface area contributed by atoms with Crippen molar-refractivity contribution in [2.75, 3.05) is 5.32 Å². The van der Waals surface area contributed by atoms with Crippen LogP contribution in [0, 0.1) is 6.92 Å². The lowest BCUT2D eigenvalue weighted by Crippen LogP contribution is -1.86. The summed E-state index contributed by atoms with van der Waals surface area (Å²) in [4.78, 5) is 13.9. The van der Waals surface area contributed by atoms with E-state index < -0.39 is 0 Å². The number of hydrogen-bond acceptors (Lipinski definition) is 7. The monoisotopic (exact) mass is 388 g/mol. The number of hydrogen-bond donors (Lipinski definition) is 1. The van der Waals surface area contributed by atoms with Crippen LogP contribution in [-0.4, -0.2) is 15.0 Å². The van der Waals surface area contributed by atoms with E-state index in [-0.39, 0.29) is 0 Å². The van der Waals surface area contributed by atoms with Gasteiger partial charge >= 0.3 is 0 Å². The Balaban J connectivity index is 1.59. The SMILES string of the molecule is Cc1nc2c(ccc3nc(Nc4nc5ccc(Cl)cc5s4)sc32)s1. The lowest BCUT2D eigenvalue weighted by Gasteiger charge is -1.93. The van der Waals surface area contributed by atoms with Crippen LogP contribution in [0.4, 0.5) is 10.3 Å². The molecule has 0 aliphatic carbocycles. The van der Waals surface area contributed by atoms with Crippen LogP contribution in [0.1, 0.15) is 5.01 Å². The summed E-state index contributed by atoms with van der Waals surface area (Å²) < 4.78 is 3.37. The van der Waals surface area contributed by atoms with Gasteiger partial charge in [0.05, 0.1) is 30.1 Å². The molecule has 5 aromatic rings. The summed E-state index contributed by atoms with van der Waals surface area (Å²) in [5.41, 5.74) is 2.94. The molecule has 2 aromatic carbocycles. The minimum atomic E-state index is 0.721. The Morgan fingerprint density at radius 1 is 0.875 bits per heavy atom. The molecule has 24 heavy (non-hydrogen) atoms. The third kappa shape index (κ3) is 2.36. The smallest absolute Gasteiger partial charge is 0.190 e. The van der Waals surface area contributed by atoms with E-state index in [4.69, 9.17) is 11.6 Å². The van der Waals surface area contributed by atoms with Crippen molar-refractivity contribution in [2.24, 2.45) is 0 Å². The summed E-state index contributed by atoms with van der Waals surface area (Å²) in [6, 6.07) is 9.85. The van der Waals surface area contributed by atoms with E-state index >= 15 is 0 Å². The summed E-state index contributed by atoms with van der Waals surface area (Å²) in [7, 11) is 0. The summed E-state index contributed by atoms with van der Waals surface area (Å²) in [5.74, 6) is 0. The van der Waals surface area contributed by atoms with Crippen LogP contribution in [0.15, 0.2) is 30.3 Å². The fourth-order valence-corrected chi connectivity index (χ4v) is 5.65. The first-order valence-electron chi connectivity index (χ1n) is 7.15. The predicted octanol–water partition coefficient (Wildman–Crippen LogP) is 6.22. The Kier molecular flexibility index (Phi) is 3.24. The zero-order chi connectivity index (χ0) is 16.3. The number of fused-ring (bicyclic) bond motifs is 4. The fraction of sp³-hybridized carbons (Fsp3) is 0.0625. The number of nitrogens with zero attached hydrogens (tertiary/aromatic N) is 3. The molecule has 8 heteroatoms. The topological polar surface area (TPSA) is 50.7 Å². The molecule has 0 radical (unpaired) electrons. The third-order valence-corrected chi connectivity index (χ3v) is 6.68. The van der Waals surface area contributed by atoms with Crippen LogP contribution in [0.5, 0.6) is 0 Å². The largest absolute Gasteiger partial charge is 0.307 e. The molecule has 0 unspecified atom stereocenters. The van der Waals surface area contributed by atoms with Gasteiger partial charge in [-0.25, -0.2) is 15.0 Å². The molecule has 0 aliphatic heterocycles. The Bertz CT molecular complexity index is 1220. The van der Waals surface area contributed by atoms with E-state index in [0.717, 1.165) is 46.2 Å². The van der Waals surface area contributed by atoms with Crippen LogP contribution in [-0.2, 0) is 0 Å². The highest BCUT2D eigenvalue weighted by molar-refractivity contribution is 7.25. The quantitative estimate of drug-likeness (QED) is 0.390. The summed E-state index contributed by atoms with van der Waals surface area (Å²) in [6.45, 7) is 2.03. The highest BCUT2D eigenvalue weighted by Crippen LogP contribution is 2.37. The van der Waals surface area contributed by atoms with E-state index in [0.29, 0.717) is 0 Å². The van der Waals surface area contributed by atoms with Gasteiger partial charge in [0.25, 0.3) is 0 Å².